The third kappa shape index (κ3) is 1.29. The maximum atomic E-state index is 7.34. The molecule has 0 bridgehead atoms. The lowest BCUT2D eigenvalue weighted by Crippen LogP contribution is -2.07. The van der Waals surface area contributed by atoms with Gasteiger partial charge in [-0.3, -0.25) is 0 Å². The van der Waals surface area contributed by atoms with Crippen LogP contribution in [-0.2, 0) is 0 Å². The Morgan fingerprint density at radius 1 is 1.67 bits per heavy atom. The zero-order valence-electron chi connectivity index (χ0n) is 5.49. The molecule has 1 fully saturated rings. The molecule has 50 valence electrons. The second kappa shape index (κ2) is 2.64. The zero-order valence-corrected chi connectivity index (χ0v) is 5.49. The molecule has 0 amide bonds. The third-order valence-corrected chi connectivity index (χ3v) is 1.32. The summed E-state index contributed by atoms with van der Waals surface area (Å²) in [5, 5.41) is 13.3. The van der Waals surface area contributed by atoms with Crippen molar-refractivity contribution in [2.75, 3.05) is 20.1 Å². The van der Waals surface area contributed by atoms with Crippen LogP contribution in [0.15, 0.2) is 11.8 Å². The summed E-state index contributed by atoms with van der Waals surface area (Å²) in [7, 11) is 1.85. The van der Waals surface area contributed by atoms with E-state index in [9.17, 15) is 0 Å². The lowest BCUT2D eigenvalue weighted by atomic mass is 10.2. The highest BCUT2D eigenvalue weighted by Crippen LogP contribution is 1.98. The molecule has 0 radical (unpaired) electrons. The van der Waals surface area contributed by atoms with Gasteiger partial charge in [0.15, 0.2) is 0 Å². The highest BCUT2D eigenvalue weighted by molar-refractivity contribution is 6.01. The summed E-state index contributed by atoms with van der Waals surface area (Å²) >= 11 is 0. The first-order chi connectivity index (χ1) is 4.34. The molecule has 0 spiro atoms. The second-order valence-corrected chi connectivity index (χ2v) is 2.04. The molecule has 0 unspecified atom stereocenters. The molecule has 3 nitrogen and oxygen atoms in total. The molecule has 1 heterocycles. The van der Waals surface area contributed by atoms with Gasteiger partial charge in [0.2, 0.25) is 0 Å². The molecule has 0 atom stereocenters. The van der Waals surface area contributed by atoms with Gasteiger partial charge in [-0.25, -0.2) is 0 Å². The normalized spacial score (nSPS) is 23.2. The van der Waals surface area contributed by atoms with E-state index in [1.165, 1.54) is 0 Å². The molecule has 1 rings (SSSR count). The number of hydrogen-bond acceptors (Lipinski definition) is 3. The lowest BCUT2D eigenvalue weighted by Gasteiger charge is -1.92. The molecule has 0 aromatic carbocycles. The van der Waals surface area contributed by atoms with Crippen molar-refractivity contribution in [2.45, 2.75) is 0 Å². The third-order valence-electron chi connectivity index (χ3n) is 1.32. The summed E-state index contributed by atoms with van der Waals surface area (Å²) in [6.45, 7) is 1.55. The Kier molecular flexibility index (Phi) is 1.85. The van der Waals surface area contributed by atoms with Gasteiger partial charge in [0.1, 0.15) is 0 Å². The van der Waals surface area contributed by atoms with Crippen LogP contribution >= 0.6 is 0 Å². The van der Waals surface area contributed by atoms with Crippen molar-refractivity contribution in [3.8, 4) is 0 Å². The van der Waals surface area contributed by atoms with Crippen LogP contribution in [0.1, 0.15) is 0 Å². The van der Waals surface area contributed by atoms with Gasteiger partial charge in [0.05, 0.1) is 5.71 Å². The molecule has 0 aromatic heterocycles. The highest BCUT2D eigenvalue weighted by atomic mass is 14.9. The molecule has 0 saturated carbocycles. The molecule has 1 saturated heterocycles. The van der Waals surface area contributed by atoms with Gasteiger partial charge in [0.25, 0.3) is 0 Å². The standard InChI is InChI=1S/C6H11N3/c1-8-2-5-3-9-4-6(5)7/h2,7-9H,3-4H2,1H3/b5-2-,7-6?. The summed E-state index contributed by atoms with van der Waals surface area (Å²) in [5.74, 6) is 0. The van der Waals surface area contributed by atoms with Crippen LogP contribution in [0, 0.1) is 5.41 Å². The van der Waals surface area contributed by atoms with Gasteiger partial charge >= 0.3 is 0 Å². The van der Waals surface area contributed by atoms with Gasteiger partial charge in [-0.1, -0.05) is 0 Å². The van der Waals surface area contributed by atoms with E-state index >= 15 is 0 Å². The molecular weight excluding hydrogens is 114 g/mol. The Bertz CT molecular complexity index is 148. The van der Waals surface area contributed by atoms with Crippen LogP contribution in [0.4, 0.5) is 0 Å². The molecule has 9 heavy (non-hydrogen) atoms. The van der Waals surface area contributed by atoms with E-state index in [1.807, 2.05) is 13.2 Å². The molecule has 1 aliphatic rings. The number of nitrogens with one attached hydrogen (secondary N) is 3. The van der Waals surface area contributed by atoms with Crippen LogP contribution in [0.2, 0.25) is 0 Å². The Morgan fingerprint density at radius 2 is 2.44 bits per heavy atom. The summed E-state index contributed by atoms with van der Waals surface area (Å²) in [6, 6.07) is 0. The first kappa shape index (κ1) is 6.29. The summed E-state index contributed by atoms with van der Waals surface area (Å²) in [4.78, 5) is 0. The fourth-order valence-corrected chi connectivity index (χ4v) is 0.855. The van der Waals surface area contributed by atoms with E-state index in [2.05, 4.69) is 10.6 Å². The average molecular weight is 125 g/mol. The largest absolute Gasteiger partial charge is 0.394 e. The maximum Gasteiger partial charge on any atom is 0.0511 e. The van der Waals surface area contributed by atoms with Gasteiger partial charge in [-0.05, 0) is 0 Å². The lowest BCUT2D eigenvalue weighted by molar-refractivity contribution is 0.901. The first-order valence-corrected chi connectivity index (χ1v) is 2.99. The van der Waals surface area contributed by atoms with E-state index in [0.717, 1.165) is 12.1 Å². The summed E-state index contributed by atoms with van der Waals surface area (Å²) < 4.78 is 0. The molecule has 0 aromatic rings. The monoisotopic (exact) mass is 125 g/mol. The quantitative estimate of drug-likeness (QED) is 0.451. The Balaban J connectivity index is 2.59. The smallest absolute Gasteiger partial charge is 0.0511 e. The predicted octanol–water partition coefficient (Wildman–Crippen LogP) is -0.287. The van der Waals surface area contributed by atoms with Crippen molar-refractivity contribution in [3.63, 3.8) is 0 Å². The van der Waals surface area contributed by atoms with Crippen molar-refractivity contribution in [1.29, 1.82) is 5.41 Å². The van der Waals surface area contributed by atoms with Gasteiger partial charge in [-0.2, -0.15) is 0 Å². The van der Waals surface area contributed by atoms with Crippen LogP contribution in [0.25, 0.3) is 0 Å². The summed E-state index contributed by atoms with van der Waals surface area (Å²) in [6.07, 6.45) is 1.86. The number of rotatable bonds is 1. The van der Waals surface area contributed by atoms with E-state index in [4.69, 9.17) is 5.41 Å². The highest BCUT2D eigenvalue weighted by Gasteiger charge is 2.10. The van der Waals surface area contributed by atoms with Crippen LogP contribution in [-0.4, -0.2) is 25.8 Å². The van der Waals surface area contributed by atoms with E-state index in [-0.39, 0.29) is 0 Å². The minimum atomic E-state index is 0.698. The van der Waals surface area contributed by atoms with Crippen molar-refractivity contribution < 1.29 is 0 Å². The zero-order chi connectivity index (χ0) is 6.69. The fraction of sp³-hybridized carbons (Fsp3) is 0.500. The Morgan fingerprint density at radius 3 is 2.89 bits per heavy atom. The maximum absolute atomic E-state index is 7.34. The molecule has 3 N–H and O–H groups in total. The second-order valence-electron chi connectivity index (χ2n) is 2.04. The topological polar surface area (TPSA) is 47.9 Å². The van der Waals surface area contributed by atoms with Crippen LogP contribution in [0.5, 0.6) is 0 Å². The minimum absolute atomic E-state index is 0.698. The molecule has 3 heteroatoms. The first-order valence-electron chi connectivity index (χ1n) is 2.99. The number of hydrogen-bond donors (Lipinski definition) is 3. The van der Waals surface area contributed by atoms with Crippen molar-refractivity contribution >= 4 is 5.71 Å². The van der Waals surface area contributed by atoms with E-state index in [1.54, 1.807) is 0 Å². The van der Waals surface area contributed by atoms with Gasteiger partial charge in [0, 0.05) is 31.9 Å². The predicted molar refractivity (Wildman–Crippen MR) is 37.7 cm³/mol. The molecular formula is C6H11N3. The van der Waals surface area contributed by atoms with E-state index in [0.29, 0.717) is 12.3 Å². The van der Waals surface area contributed by atoms with Crippen molar-refractivity contribution in [2.24, 2.45) is 0 Å². The van der Waals surface area contributed by atoms with E-state index < -0.39 is 0 Å². The van der Waals surface area contributed by atoms with Crippen molar-refractivity contribution in [3.05, 3.63) is 11.8 Å². The Hall–Kier alpha value is -0.830. The van der Waals surface area contributed by atoms with Crippen LogP contribution < -0.4 is 10.6 Å². The Labute approximate surface area is 54.7 Å². The van der Waals surface area contributed by atoms with Crippen molar-refractivity contribution in [1.82, 2.24) is 10.6 Å². The van der Waals surface area contributed by atoms with Gasteiger partial charge < -0.3 is 16.0 Å². The SMILES string of the molecule is CN/C=C1/CNCC1=N. The minimum Gasteiger partial charge on any atom is -0.394 e. The fourth-order valence-electron chi connectivity index (χ4n) is 0.855. The summed E-state index contributed by atoms with van der Waals surface area (Å²) in [5.41, 5.74) is 1.77. The molecule has 0 aliphatic carbocycles. The van der Waals surface area contributed by atoms with Crippen LogP contribution in [0.3, 0.4) is 0 Å². The van der Waals surface area contributed by atoms with Gasteiger partial charge in [-0.15, -0.1) is 0 Å². The average Bonchev–Trinajstić information content (AvgIpc) is 2.18. The molecule has 1 aliphatic heterocycles.